The van der Waals surface area contributed by atoms with Gasteiger partial charge in [0.25, 0.3) is 0 Å². The van der Waals surface area contributed by atoms with Crippen molar-refractivity contribution in [1.29, 1.82) is 0 Å². The van der Waals surface area contributed by atoms with E-state index in [0.717, 1.165) is 19.3 Å². The normalized spacial score (nSPS) is 24.2. The second-order valence-electron chi connectivity index (χ2n) is 18.0. The summed E-state index contributed by atoms with van der Waals surface area (Å²) < 4.78 is 50.3. The molecule has 0 aliphatic heterocycles. The number of hydrogen-bond donors (Lipinski definition) is 0. The maximum absolute atomic E-state index is 13.0. The summed E-state index contributed by atoms with van der Waals surface area (Å²) in [5, 5.41) is 0. The van der Waals surface area contributed by atoms with Crippen molar-refractivity contribution in [2.45, 2.75) is 173 Å². The van der Waals surface area contributed by atoms with E-state index in [9.17, 15) is 17.6 Å². The minimum absolute atomic E-state index is 0.172. The Morgan fingerprint density at radius 2 is 0.784 bits per heavy atom. The fraction of sp³-hybridized carbons (Fsp3) is 1.00. The average molecular weight is 535 g/mol. The van der Waals surface area contributed by atoms with Crippen molar-refractivity contribution in [1.82, 2.24) is 0 Å². The molecule has 0 aromatic rings. The van der Waals surface area contributed by atoms with E-state index in [-0.39, 0.29) is 17.3 Å². The van der Waals surface area contributed by atoms with Gasteiger partial charge in [0, 0.05) is 0 Å². The fourth-order valence-electron chi connectivity index (χ4n) is 4.86. The van der Waals surface area contributed by atoms with Crippen LogP contribution in [0.1, 0.15) is 161 Å². The molecule has 0 atom stereocenters. The van der Waals surface area contributed by atoms with Crippen LogP contribution >= 0.6 is 0 Å². The third-order valence-corrected chi connectivity index (χ3v) is 9.58. The van der Waals surface area contributed by atoms with Crippen LogP contribution < -0.4 is 0 Å². The molecule has 0 bridgehead atoms. The average Bonchev–Trinajstić information content (AvgIpc) is 3.40. The first-order valence-electron chi connectivity index (χ1n) is 14.7. The molecule has 0 saturated heterocycles. The Morgan fingerprint density at radius 1 is 0.486 bits per heavy atom. The van der Waals surface area contributed by atoms with Crippen molar-refractivity contribution in [2.75, 3.05) is 0 Å². The van der Waals surface area contributed by atoms with Gasteiger partial charge < -0.3 is 0 Å². The predicted molar refractivity (Wildman–Crippen MR) is 153 cm³/mol. The second-order valence-corrected chi connectivity index (χ2v) is 18.0. The van der Waals surface area contributed by atoms with Crippen LogP contribution in [-0.2, 0) is 0 Å². The molecule has 0 nitrogen and oxygen atoms in total. The van der Waals surface area contributed by atoms with E-state index in [1.54, 1.807) is 0 Å². The first-order chi connectivity index (χ1) is 16.0. The van der Waals surface area contributed by atoms with Gasteiger partial charge in [-0.2, -0.15) is 13.2 Å². The van der Waals surface area contributed by atoms with Gasteiger partial charge >= 0.3 is 6.18 Å². The fourth-order valence-corrected chi connectivity index (χ4v) is 4.86. The largest absolute Gasteiger partial charge is 0.394 e. The molecule has 0 N–H and O–H groups in total. The molecule has 0 radical (unpaired) electrons. The predicted octanol–water partition coefficient (Wildman–Crippen LogP) is 12.4. The van der Waals surface area contributed by atoms with Crippen molar-refractivity contribution in [3.8, 4) is 0 Å². The molecule has 4 fully saturated rings. The molecule has 4 rings (SSSR count). The smallest absolute Gasteiger partial charge is 0.244 e. The Kier molecular flexibility index (Phi) is 9.96. The van der Waals surface area contributed by atoms with Gasteiger partial charge in [-0.05, 0) is 96.7 Å². The molecule has 0 heterocycles. The minimum atomic E-state index is -3.99. The maximum atomic E-state index is 13.0. The van der Waals surface area contributed by atoms with E-state index in [1.165, 1.54) is 25.7 Å². The summed E-state index contributed by atoms with van der Waals surface area (Å²) >= 11 is 0. The maximum Gasteiger partial charge on any atom is 0.394 e. The highest BCUT2D eigenvalue weighted by atomic mass is 19.4. The number of hydrogen-bond acceptors (Lipinski definition) is 0. The molecule has 0 unspecified atom stereocenters. The van der Waals surface area contributed by atoms with Crippen molar-refractivity contribution in [3.05, 3.63) is 0 Å². The van der Waals surface area contributed by atoms with Gasteiger partial charge in [0.05, 0.1) is 5.41 Å². The molecule has 0 spiro atoms. The lowest BCUT2D eigenvalue weighted by molar-refractivity contribution is -0.194. The Balaban J connectivity index is 0.000000250. The third-order valence-electron chi connectivity index (χ3n) is 9.58. The highest BCUT2D eigenvalue weighted by molar-refractivity contribution is 5.01. The third kappa shape index (κ3) is 11.8. The molecule has 4 aliphatic rings. The SMILES string of the molecule is CC(C)(C)C1(C)CC1.CC(C)(C)C1(C)CC1.CC(C)(C)CC1(C(F)(F)F)CC1.CC(C)(C)CC1(F)CC1. The molecule has 4 heteroatoms. The van der Waals surface area contributed by atoms with Crippen LogP contribution in [0.3, 0.4) is 0 Å². The molecule has 4 saturated carbocycles. The Bertz CT molecular complexity index is 677. The molecule has 4 aliphatic carbocycles. The molecule has 37 heavy (non-hydrogen) atoms. The van der Waals surface area contributed by atoms with Crippen molar-refractivity contribution >= 4 is 0 Å². The van der Waals surface area contributed by atoms with Crippen LogP contribution in [0, 0.1) is 37.9 Å². The first-order valence-corrected chi connectivity index (χ1v) is 14.7. The monoisotopic (exact) mass is 534 g/mol. The molecule has 0 amide bonds. The standard InChI is InChI=1S/C9H15F3.C8H15F.2C8H16/c1-7(2,3)6-8(4-5-8)9(10,11)12;1-7(2,3)6-8(9)4-5-8;2*1-7(2,3)8(4)5-6-8/h4-6H2,1-3H3;4-6H2,1-3H3;2*5-6H2,1-4H3. The minimum Gasteiger partial charge on any atom is -0.244 e. The molecular formula is C33H62F4. The highest BCUT2D eigenvalue weighted by Crippen LogP contribution is 2.62. The number of rotatable bonds is 2. The second kappa shape index (κ2) is 10.6. The van der Waals surface area contributed by atoms with Crippen LogP contribution in [0.15, 0.2) is 0 Å². The zero-order valence-corrected chi connectivity index (χ0v) is 27.1. The zero-order valence-electron chi connectivity index (χ0n) is 27.1. The van der Waals surface area contributed by atoms with E-state index in [1.807, 2.05) is 20.8 Å². The topological polar surface area (TPSA) is 0 Å². The Labute approximate surface area is 228 Å². The Morgan fingerprint density at radius 3 is 0.838 bits per heavy atom. The molecular weight excluding hydrogens is 472 g/mol. The summed E-state index contributed by atoms with van der Waals surface area (Å²) in [7, 11) is 0. The van der Waals surface area contributed by atoms with Gasteiger partial charge in [-0.3, -0.25) is 0 Å². The van der Waals surface area contributed by atoms with Crippen LogP contribution in [-0.4, -0.2) is 11.8 Å². The van der Waals surface area contributed by atoms with Gasteiger partial charge in [0.15, 0.2) is 0 Å². The van der Waals surface area contributed by atoms with Crippen molar-refractivity contribution < 1.29 is 17.6 Å². The lowest BCUT2D eigenvalue weighted by atomic mass is 9.79. The lowest BCUT2D eigenvalue weighted by Crippen LogP contribution is -2.29. The summed E-state index contributed by atoms with van der Waals surface area (Å²) in [6, 6.07) is 0. The summed E-state index contributed by atoms with van der Waals surface area (Å²) in [5.41, 5.74) is 0.334. The number of alkyl halides is 4. The van der Waals surface area contributed by atoms with E-state index in [0.29, 0.717) is 34.5 Å². The highest BCUT2D eigenvalue weighted by Gasteiger charge is 2.63. The van der Waals surface area contributed by atoms with Crippen molar-refractivity contribution in [2.24, 2.45) is 37.9 Å². The van der Waals surface area contributed by atoms with Crippen LogP contribution in [0.5, 0.6) is 0 Å². The van der Waals surface area contributed by atoms with Crippen LogP contribution in [0.2, 0.25) is 0 Å². The Hall–Kier alpha value is -0.280. The summed E-state index contributed by atoms with van der Waals surface area (Å²) in [5.74, 6) is 0. The van der Waals surface area contributed by atoms with E-state index < -0.39 is 17.3 Å². The number of halogens is 4. The molecule has 0 aromatic carbocycles. The summed E-state index contributed by atoms with van der Waals surface area (Å²) in [4.78, 5) is 0. The van der Waals surface area contributed by atoms with E-state index in [4.69, 9.17) is 0 Å². The van der Waals surface area contributed by atoms with E-state index in [2.05, 4.69) is 76.2 Å². The van der Waals surface area contributed by atoms with Crippen LogP contribution in [0.4, 0.5) is 17.6 Å². The van der Waals surface area contributed by atoms with Crippen molar-refractivity contribution in [3.63, 3.8) is 0 Å². The van der Waals surface area contributed by atoms with Gasteiger partial charge in [0.1, 0.15) is 5.67 Å². The molecule has 0 aromatic heterocycles. The van der Waals surface area contributed by atoms with Gasteiger partial charge in [0.2, 0.25) is 0 Å². The van der Waals surface area contributed by atoms with Gasteiger partial charge in [-0.1, -0.05) is 96.9 Å². The summed E-state index contributed by atoms with van der Waals surface area (Å²) in [6.45, 7) is 30.6. The summed E-state index contributed by atoms with van der Waals surface area (Å²) in [6.07, 6.45) is 5.03. The van der Waals surface area contributed by atoms with Crippen LogP contribution in [0.25, 0.3) is 0 Å². The van der Waals surface area contributed by atoms with Gasteiger partial charge in [-0.15, -0.1) is 0 Å². The quantitative estimate of drug-likeness (QED) is 0.309. The zero-order chi connectivity index (χ0) is 29.6. The van der Waals surface area contributed by atoms with E-state index >= 15 is 0 Å². The molecule has 222 valence electrons. The van der Waals surface area contributed by atoms with Gasteiger partial charge in [-0.25, -0.2) is 4.39 Å². The lowest BCUT2D eigenvalue weighted by Gasteiger charge is -2.27. The first kappa shape index (κ1) is 34.7.